The zero-order valence-corrected chi connectivity index (χ0v) is 18.3. The zero-order valence-electron chi connectivity index (χ0n) is 18.3. The van der Waals surface area contributed by atoms with Crippen molar-refractivity contribution in [2.45, 2.75) is 51.6 Å². The third-order valence-electron chi connectivity index (χ3n) is 6.51. The SMILES string of the molecule is COc1cccc2[nH]c3c(N4Cc5ccccc5C(C)(C)CC4(C)C)ncnc3c12. The third kappa shape index (κ3) is 2.76. The molecule has 5 rings (SSSR count). The molecule has 0 radical (unpaired) electrons. The molecule has 154 valence electrons. The van der Waals surface area contributed by atoms with Crippen LogP contribution in [0.1, 0.15) is 45.2 Å². The van der Waals surface area contributed by atoms with Crippen LogP contribution >= 0.6 is 0 Å². The van der Waals surface area contributed by atoms with Crippen molar-refractivity contribution in [2.75, 3.05) is 12.0 Å². The summed E-state index contributed by atoms with van der Waals surface area (Å²) >= 11 is 0. The van der Waals surface area contributed by atoms with Gasteiger partial charge in [0.25, 0.3) is 0 Å². The third-order valence-corrected chi connectivity index (χ3v) is 6.51. The predicted octanol–water partition coefficient (Wildman–Crippen LogP) is 5.59. The first-order valence-corrected chi connectivity index (χ1v) is 10.5. The highest BCUT2D eigenvalue weighted by Gasteiger charge is 2.40. The number of H-pyrrole nitrogens is 1. The average Bonchev–Trinajstić information content (AvgIpc) is 3.07. The van der Waals surface area contributed by atoms with E-state index in [1.54, 1.807) is 13.4 Å². The largest absolute Gasteiger partial charge is 0.496 e. The van der Waals surface area contributed by atoms with Gasteiger partial charge in [0, 0.05) is 12.1 Å². The Kier molecular flexibility index (Phi) is 4.07. The molecule has 1 aliphatic rings. The fourth-order valence-corrected chi connectivity index (χ4v) is 5.41. The number of aromatic amines is 1. The van der Waals surface area contributed by atoms with E-state index in [0.717, 1.165) is 46.5 Å². The highest BCUT2D eigenvalue weighted by molar-refractivity contribution is 6.11. The van der Waals surface area contributed by atoms with Crippen LogP contribution in [-0.2, 0) is 12.0 Å². The number of ether oxygens (including phenoxy) is 1. The van der Waals surface area contributed by atoms with E-state index < -0.39 is 0 Å². The Morgan fingerprint density at radius 3 is 2.60 bits per heavy atom. The van der Waals surface area contributed by atoms with Gasteiger partial charge in [-0.05, 0) is 48.9 Å². The molecule has 0 spiro atoms. The lowest BCUT2D eigenvalue weighted by Gasteiger charge is -2.41. The van der Waals surface area contributed by atoms with Gasteiger partial charge in [-0.2, -0.15) is 0 Å². The number of fused-ring (bicyclic) bond motifs is 4. The van der Waals surface area contributed by atoms with E-state index in [-0.39, 0.29) is 11.0 Å². The average molecular weight is 401 g/mol. The molecule has 4 aromatic rings. The number of methoxy groups -OCH3 is 1. The number of benzene rings is 2. The molecule has 5 nitrogen and oxygen atoms in total. The summed E-state index contributed by atoms with van der Waals surface area (Å²) in [5.41, 5.74) is 5.63. The first kappa shape index (κ1) is 18.9. The minimum atomic E-state index is -0.0921. The maximum absolute atomic E-state index is 5.62. The van der Waals surface area contributed by atoms with Gasteiger partial charge in [0.2, 0.25) is 0 Å². The lowest BCUT2D eigenvalue weighted by atomic mass is 9.75. The van der Waals surface area contributed by atoms with Crippen LogP contribution in [0.15, 0.2) is 48.8 Å². The van der Waals surface area contributed by atoms with Crippen molar-refractivity contribution >= 4 is 27.8 Å². The molecule has 0 amide bonds. The van der Waals surface area contributed by atoms with E-state index in [0.29, 0.717) is 0 Å². The molecule has 0 bridgehead atoms. The van der Waals surface area contributed by atoms with E-state index in [2.05, 4.69) is 72.9 Å². The molecule has 0 aliphatic carbocycles. The summed E-state index contributed by atoms with van der Waals surface area (Å²) in [5.74, 6) is 1.76. The molecule has 1 N–H and O–H groups in total. The smallest absolute Gasteiger partial charge is 0.157 e. The number of anilines is 1. The Balaban J connectivity index is 1.75. The van der Waals surface area contributed by atoms with E-state index in [9.17, 15) is 0 Å². The van der Waals surface area contributed by atoms with Crippen molar-refractivity contribution in [1.82, 2.24) is 15.0 Å². The Bertz CT molecular complexity index is 1250. The molecular formula is C25H28N4O. The van der Waals surface area contributed by atoms with Crippen LogP contribution < -0.4 is 9.64 Å². The second kappa shape index (κ2) is 6.46. The fourth-order valence-electron chi connectivity index (χ4n) is 5.41. The van der Waals surface area contributed by atoms with Crippen LogP contribution in [0.5, 0.6) is 5.75 Å². The first-order chi connectivity index (χ1) is 14.3. The Morgan fingerprint density at radius 2 is 1.80 bits per heavy atom. The summed E-state index contributed by atoms with van der Waals surface area (Å²) in [7, 11) is 1.70. The number of nitrogens with zero attached hydrogens (tertiary/aromatic N) is 3. The molecule has 2 aromatic carbocycles. The maximum Gasteiger partial charge on any atom is 0.157 e. The molecule has 1 aliphatic heterocycles. The molecule has 0 saturated heterocycles. The normalized spacial score (nSPS) is 17.7. The fraction of sp³-hybridized carbons (Fsp3) is 0.360. The molecule has 0 atom stereocenters. The monoisotopic (exact) mass is 400 g/mol. The molecule has 30 heavy (non-hydrogen) atoms. The van der Waals surface area contributed by atoms with Gasteiger partial charge in [-0.1, -0.05) is 44.2 Å². The minimum Gasteiger partial charge on any atom is -0.496 e. The van der Waals surface area contributed by atoms with Gasteiger partial charge >= 0.3 is 0 Å². The van der Waals surface area contributed by atoms with Crippen LogP contribution in [0.4, 0.5) is 5.82 Å². The summed E-state index contributed by atoms with van der Waals surface area (Å²) in [6.45, 7) is 10.1. The maximum atomic E-state index is 5.62. The van der Waals surface area contributed by atoms with Crippen molar-refractivity contribution in [1.29, 1.82) is 0 Å². The highest BCUT2D eigenvalue weighted by atomic mass is 16.5. The van der Waals surface area contributed by atoms with Gasteiger partial charge in [0.05, 0.1) is 18.0 Å². The van der Waals surface area contributed by atoms with Gasteiger partial charge in [0.15, 0.2) is 5.82 Å². The number of aromatic nitrogens is 3. The number of hydrogen-bond acceptors (Lipinski definition) is 4. The molecular weight excluding hydrogens is 372 g/mol. The van der Waals surface area contributed by atoms with Gasteiger partial charge < -0.3 is 14.6 Å². The van der Waals surface area contributed by atoms with Crippen LogP contribution in [-0.4, -0.2) is 27.6 Å². The van der Waals surface area contributed by atoms with Crippen LogP contribution in [0.25, 0.3) is 21.9 Å². The minimum absolute atomic E-state index is 0.0741. The highest BCUT2D eigenvalue weighted by Crippen LogP contribution is 2.44. The van der Waals surface area contributed by atoms with E-state index in [1.165, 1.54) is 11.1 Å². The van der Waals surface area contributed by atoms with Crippen LogP contribution in [0.3, 0.4) is 0 Å². The predicted molar refractivity (Wildman–Crippen MR) is 122 cm³/mol. The Morgan fingerprint density at radius 1 is 1.00 bits per heavy atom. The van der Waals surface area contributed by atoms with E-state index >= 15 is 0 Å². The van der Waals surface area contributed by atoms with Crippen LogP contribution in [0.2, 0.25) is 0 Å². The summed E-state index contributed by atoms with van der Waals surface area (Å²) in [5, 5.41) is 1.01. The zero-order chi connectivity index (χ0) is 21.1. The number of hydrogen-bond donors (Lipinski definition) is 1. The van der Waals surface area contributed by atoms with Crippen molar-refractivity contribution in [3.63, 3.8) is 0 Å². The molecule has 3 heterocycles. The first-order valence-electron chi connectivity index (χ1n) is 10.5. The van der Waals surface area contributed by atoms with Gasteiger partial charge in [0.1, 0.15) is 23.1 Å². The van der Waals surface area contributed by atoms with Crippen molar-refractivity contribution in [3.05, 3.63) is 59.9 Å². The molecule has 0 saturated carbocycles. The molecule has 0 unspecified atom stereocenters. The lowest BCUT2D eigenvalue weighted by molar-refractivity contribution is 0.340. The summed E-state index contributed by atoms with van der Waals surface area (Å²) in [4.78, 5) is 15.4. The Labute approximate surface area is 177 Å². The van der Waals surface area contributed by atoms with E-state index in [1.807, 2.05) is 12.1 Å². The second-order valence-corrected chi connectivity index (χ2v) is 9.55. The standard InChI is InChI=1S/C25H28N4O/c1-24(2)14-25(3,4)29(13-16-9-6-7-10-17(16)24)23-22-21(26-15-27-23)20-18(28-22)11-8-12-19(20)30-5/h6-12,15,28H,13-14H2,1-5H3. The Hall–Kier alpha value is -3.08. The lowest BCUT2D eigenvalue weighted by Crippen LogP contribution is -2.45. The van der Waals surface area contributed by atoms with Crippen LogP contribution in [0, 0.1) is 0 Å². The molecule has 0 fully saturated rings. The van der Waals surface area contributed by atoms with Crippen molar-refractivity contribution in [3.8, 4) is 5.75 Å². The van der Waals surface area contributed by atoms with Gasteiger partial charge in [-0.15, -0.1) is 0 Å². The number of nitrogens with one attached hydrogen (secondary N) is 1. The van der Waals surface area contributed by atoms with Crippen molar-refractivity contribution in [2.24, 2.45) is 0 Å². The molecule has 5 heteroatoms. The topological polar surface area (TPSA) is 54.0 Å². The summed E-state index contributed by atoms with van der Waals surface area (Å²) in [6.07, 6.45) is 2.70. The quantitative estimate of drug-likeness (QED) is 0.477. The van der Waals surface area contributed by atoms with Gasteiger partial charge in [-0.3, -0.25) is 0 Å². The van der Waals surface area contributed by atoms with Crippen molar-refractivity contribution < 1.29 is 4.74 Å². The summed E-state index contributed by atoms with van der Waals surface area (Å²) in [6, 6.07) is 14.8. The second-order valence-electron chi connectivity index (χ2n) is 9.55. The summed E-state index contributed by atoms with van der Waals surface area (Å²) < 4.78 is 5.62. The molecule has 2 aromatic heterocycles. The number of rotatable bonds is 2. The van der Waals surface area contributed by atoms with Gasteiger partial charge in [-0.25, -0.2) is 9.97 Å². The van der Waals surface area contributed by atoms with E-state index in [4.69, 9.17) is 9.72 Å².